The van der Waals surface area contributed by atoms with Crippen molar-refractivity contribution < 1.29 is 23.0 Å². The average molecular weight is 309 g/mol. The molecule has 1 saturated heterocycles. The third kappa shape index (κ3) is 2.37. The molecule has 22 heavy (non-hydrogen) atoms. The molecular formula is C16H17F2NO3. The fourth-order valence-electron chi connectivity index (χ4n) is 3.16. The fourth-order valence-corrected chi connectivity index (χ4v) is 3.16. The number of nitrogen functional groups attached to an aromatic ring is 1. The zero-order valence-corrected chi connectivity index (χ0v) is 12.2. The summed E-state index contributed by atoms with van der Waals surface area (Å²) in [7, 11) is 0. The van der Waals surface area contributed by atoms with E-state index in [9.17, 15) is 13.6 Å². The lowest BCUT2D eigenvalue weighted by atomic mass is 9.76. The van der Waals surface area contributed by atoms with Gasteiger partial charge in [-0.15, -0.1) is 0 Å². The Balaban J connectivity index is 1.88. The highest BCUT2D eigenvalue weighted by atomic mass is 19.1. The smallest absolute Gasteiger partial charge is 0.189 e. The van der Waals surface area contributed by atoms with Crippen molar-refractivity contribution >= 4 is 11.5 Å². The first kappa shape index (κ1) is 15.0. The van der Waals surface area contributed by atoms with Gasteiger partial charge in [0.1, 0.15) is 23.0 Å². The Morgan fingerprint density at radius 2 is 2.14 bits per heavy atom. The molecule has 0 aromatic heterocycles. The Morgan fingerprint density at radius 1 is 1.36 bits per heavy atom. The molecule has 1 aromatic carbocycles. The number of halogens is 2. The summed E-state index contributed by atoms with van der Waals surface area (Å²) in [5, 5.41) is 0. The minimum Gasteiger partial charge on any atom is -0.469 e. The normalized spacial score (nSPS) is 25.4. The second kappa shape index (κ2) is 5.35. The molecule has 2 N–H and O–H groups in total. The lowest BCUT2D eigenvalue weighted by molar-refractivity contribution is -0.117. The standard InChI is InChI=1S/C16H17F2NO3/c1-9(4-10-5-13(18)14(19)7-12(10)17)16-3-2-11(20)6-15(16)21-8-22-16/h5-7,9H,2-4,8,19H2,1H3/t9?,16-/m1/s1. The Hall–Kier alpha value is -1.95. The van der Waals surface area contributed by atoms with E-state index in [1.54, 1.807) is 0 Å². The largest absolute Gasteiger partial charge is 0.469 e. The minimum atomic E-state index is -0.738. The van der Waals surface area contributed by atoms with Crippen molar-refractivity contribution in [3.63, 3.8) is 0 Å². The molecule has 0 bridgehead atoms. The van der Waals surface area contributed by atoms with E-state index in [1.807, 2.05) is 6.92 Å². The first-order valence-electron chi connectivity index (χ1n) is 7.17. The first-order chi connectivity index (χ1) is 10.4. The molecule has 0 radical (unpaired) electrons. The maximum absolute atomic E-state index is 14.0. The molecule has 1 unspecified atom stereocenters. The lowest BCUT2D eigenvalue weighted by Gasteiger charge is -2.35. The Bertz CT molecular complexity index is 659. The number of carbonyl (C=O) groups is 1. The van der Waals surface area contributed by atoms with E-state index in [2.05, 4.69) is 0 Å². The van der Waals surface area contributed by atoms with Crippen LogP contribution in [0.1, 0.15) is 25.3 Å². The highest BCUT2D eigenvalue weighted by Crippen LogP contribution is 2.44. The van der Waals surface area contributed by atoms with Gasteiger partial charge in [0, 0.05) is 18.6 Å². The zero-order chi connectivity index (χ0) is 15.9. The molecule has 1 aliphatic heterocycles. The molecule has 1 heterocycles. The second-order valence-electron chi connectivity index (χ2n) is 5.84. The molecular weight excluding hydrogens is 292 g/mol. The summed E-state index contributed by atoms with van der Waals surface area (Å²) in [5.41, 5.74) is 4.64. The number of ether oxygens (including phenoxy) is 2. The van der Waals surface area contributed by atoms with E-state index >= 15 is 0 Å². The molecule has 1 aromatic rings. The number of anilines is 1. The van der Waals surface area contributed by atoms with Crippen LogP contribution in [-0.4, -0.2) is 18.2 Å². The van der Waals surface area contributed by atoms with Crippen LogP contribution in [0.25, 0.3) is 0 Å². The van der Waals surface area contributed by atoms with Crippen molar-refractivity contribution in [1.82, 2.24) is 0 Å². The van der Waals surface area contributed by atoms with Gasteiger partial charge in [-0.25, -0.2) is 8.78 Å². The van der Waals surface area contributed by atoms with E-state index < -0.39 is 17.2 Å². The molecule has 2 aliphatic rings. The van der Waals surface area contributed by atoms with Crippen LogP contribution < -0.4 is 5.73 Å². The van der Waals surface area contributed by atoms with Crippen LogP contribution in [0.2, 0.25) is 0 Å². The molecule has 1 aliphatic carbocycles. The molecule has 1 fully saturated rings. The van der Waals surface area contributed by atoms with E-state index in [0.717, 1.165) is 12.1 Å². The molecule has 0 saturated carbocycles. The van der Waals surface area contributed by atoms with Crippen LogP contribution in [0.15, 0.2) is 24.0 Å². The van der Waals surface area contributed by atoms with Gasteiger partial charge in [-0.3, -0.25) is 4.79 Å². The van der Waals surface area contributed by atoms with Gasteiger partial charge in [-0.1, -0.05) is 6.92 Å². The molecule has 0 spiro atoms. The van der Waals surface area contributed by atoms with Crippen LogP contribution >= 0.6 is 0 Å². The van der Waals surface area contributed by atoms with Gasteiger partial charge >= 0.3 is 0 Å². The van der Waals surface area contributed by atoms with Gasteiger partial charge in [-0.2, -0.15) is 0 Å². The van der Waals surface area contributed by atoms with Crippen molar-refractivity contribution in [3.8, 4) is 0 Å². The van der Waals surface area contributed by atoms with Crippen LogP contribution in [-0.2, 0) is 20.7 Å². The van der Waals surface area contributed by atoms with Crippen molar-refractivity contribution in [3.05, 3.63) is 41.2 Å². The highest BCUT2D eigenvalue weighted by molar-refractivity contribution is 5.91. The van der Waals surface area contributed by atoms with Crippen LogP contribution in [0, 0.1) is 17.6 Å². The van der Waals surface area contributed by atoms with Gasteiger partial charge in [0.05, 0.1) is 5.69 Å². The number of hydrogen-bond donors (Lipinski definition) is 1. The topological polar surface area (TPSA) is 61.6 Å². The number of ketones is 1. The highest BCUT2D eigenvalue weighted by Gasteiger charge is 2.49. The van der Waals surface area contributed by atoms with Crippen molar-refractivity contribution in [2.45, 2.75) is 31.8 Å². The van der Waals surface area contributed by atoms with Gasteiger partial charge in [0.25, 0.3) is 0 Å². The fraction of sp³-hybridized carbons (Fsp3) is 0.438. The van der Waals surface area contributed by atoms with E-state index in [0.29, 0.717) is 18.6 Å². The minimum absolute atomic E-state index is 0.00645. The number of nitrogens with two attached hydrogens (primary N) is 1. The maximum atomic E-state index is 14.0. The average Bonchev–Trinajstić information content (AvgIpc) is 2.88. The van der Waals surface area contributed by atoms with Gasteiger partial charge in [0.15, 0.2) is 12.6 Å². The van der Waals surface area contributed by atoms with Crippen molar-refractivity contribution in [2.75, 3.05) is 12.5 Å². The van der Waals surface area contributed by atoms with Gasteiger partial charge in [-0.05, 0) is 30.4 Å². The number of fused-ring (bicyclic) bond motifs is 1. The molecule has 0 amide bonds. The summed E-state index contributed by atoms with van der Waals surface area (Å²) in [6.07, 6.45) is 2.55. The lowest BCUT2D eigenvalue weighted by Crippen LogP contribution is -2.41. The molecule has 6 heteroatoms. The number of rotatable bonds is 3. The molecule has 118 valence electrons. The van der Waals surface area contributed by atoms with E-state index in [1.165, 1.54) is 6.08 Å². The number of allylic oxidation sites excluding steroid dienone is 1. The Kier molecular flexibility index (Phi) is 3.64. The first-order valence-corrected chi connectivity index (χ1v) is 7.17. The number of carbonyl (C=O) groups excluding carboxylic acids is 1. The Labute approximate surface area is 126 Å². The predicted molar refractivity (Wildman–Crippen MR) is 75.7 cm³/mol. The quantitative estimate of drug-likeness (QED) is 0.872. The summed E-state index contributed by atoms with van der Waals surface area (Å²) in [6.45, 7) is 1.95. The van der Waals surface area contributed by atoms with Crippen LogP contribution in [0.4, 0.5) is 14.5 Å². The van der Waals surface area contributed by atoms with Crippen LogP contribution in [0.5, 0.6) is 0 Å². The van der Waals surface area contributed by atoms with E-state index in [-0.39, 0.29) is 36.2 Å². The van der Waals surface area contributed by atoms with Crippen molar-refractivity contribution in [1.29, 1.82) is 0 Å². The Morgan fingerprint density at radius 3 is 2.91 bits per heavy atom. The SMILES string of the molecule is CC(Cc1cc(F)c(N)cc1F)[C@]12CCC(=O)C=C1OCO2. The third-order valence-electron chi connectivity index (χ3n) is 4.47. The van der Waals surface area contributed by atoms with Crippen LogP contribution in [0.3, 0.4) is 0 Å². The van der Waals surface area contributed by atoms with Crippen molar-refractivity contribution in [2.24, 2.45) is 5.92 Å². The molecule has 3 rings (SSSR count). The summed E-state index contributed by atoms with van der Waals surface area (Å²) < 4.78 is 38.7. The number of hydrogen-bond acceptors (Lipinski definition) is 4. The summed E-state index contributed by atoms with van der Waals surface area (Å²) in [6, 6.07) is 2.10. The summed E-state index contributed by atoms with van der Waals surface area (Å²) in [4.78, 5) is 11.5. The van der Waals surface area contributed by atoms with Gasteiger partial charge in [0.2, 0.25) is 0 Å². The van der Waals surface area contributed by atoms with E-state index in [4.69, 9.17) is 15.2 Å². The van der Waals surface area contributed by atoms with Gasteiger partial charge < -0.3 is 15.2 Å². The number of benzene rings is 1. The molecule has 2 atom stereocenters. The predicted octanol–water partition coefficient (Wildman–Crippen LogP) is 2.72. The third-order valence-corrected chi connectivity index (χ3v) is 4.47. The maximum Gasteiger partial charge on any atom is 0.189 e. The molecule has 4 nitrogen and oxygen atoms in total. The summed E-state index contributed by atoms with van der Waals surface area (Å²) >= 11 is 0. The second-order valence-corrected chi connectivity index (χ2v) is 5.84. The zero-order valence-electron chi connectivity index (χ0n) is 12.2. The monoisotopic (exact) mass is 309 g/mol. The summed E-state index contributed by atoms with van der Waals surface area (Å²) in [5.74, 6) is -0.870.